The third kappa shape index (κ3) is 3.28. The minimum atomic E-state index is -3.55. The van der Waals surface area contributed by atoms with Gasteiger partial charge in [-0.3, -0.25) is 4.98 Å². The minimum absolute atomic E-state index is 0.0691. The van der Waals surface area contributed by atoms with Crippen molar-refractivity contribution in [1.82, 2.24) is 14.6 Å². The Morgan fingerprint density at radius 3 is 2.96 bits per heavy atom. The van der Waals surface area contributed by atoms with Crippen molar-refractivity contribution < 1.29 is 8.42 Å². The molecule has 0 saturated carbocycles. The lowest BCUT2D eigenvalue weighted by Gasteiger charge is -2.31. The van der Waals surface area contributed by atoms with Crippen LogP contribution in [0.2, 0.25) is 0 Å². The molecule has 0 radical (unpaired) electrons. The molecule has 0 bridgehead atoms. The Bertz CT molecular complexity index is 810. The second-order valence-corrected chi connectivity index (χ2v) is 8.50. The molecule has 23 heavy (non-hydrogen) atoms. The molecule has 1 aromatic carbocycles. The summed E-state index contributed by atoms with van der Waals surface area (Å²) in [6.45, 7) is 4.14. The molecule has 2 aromatic rings. The van der Waals surface area contributed by atoms with Crippen molar-refractivity contribution in [3.63, 3.8) is 0 Å². The summed E-state index contributed by atoms with van der Waals surface area (Å²) in [5, 5.41) is 5.09. The summed E-state index contributed by atoms with van der Waals surface area (Å²) in [5.41, 5.74) is 0. The third-order valence-corrected chi connectivity index (χ3v) is 7.39. The molecule has 5 nitrogen and oxygen atoms in total. The van der Waals surface area contributed by atoms with Crippen LogP contribution in [0.4, 0.5) is 0 Å². The van der Waals surface area contributed by atoms with Crippen LogP contribution in [-0.2, 0) is 10.0 Å². The number of rotatable bonds is 2. The number of pyridine rings is 1. The van der Waals surface area contributed by atoms with E-state index in [4.69, 9.17) is 0 Å². The third-order valence-electron chi connectivity index (χ3n) is 4.22. The number of hydrogen-bond donors (Lipinski definition) is 1. The van der Waals surface area contributed by atoms with Gasteiger partial charge in [0.25, 0.3) is 0 Å². The van der Waals surface area contributed by atoms with E-state index in [1.807, 2.05) is 19.1 Å². The Balaban J connectivity index is 2.06. The number of nitrogens with zero attached hydrogens (tertiary/aromatic N) is 2. The van der Waals surface area contributed by atoms with Crippen LogP contribution >= 0.6 is 15.9 Å². The van der Waals surface area contributed by atoms with Gasteiger partial charge < -0.3 is 5.32 Å². The topological polar surface area (TPSA) is 62.3 Å². The van der Waals surface area contributed by atoms with Gasteiger partial charge in [0, 0.05) is 46.8 Å². The van der Waals surface area contributed by atoms with Crippen molar-refractivity contribution in [2.75, 3.05) is 19.6 Å². The molecule has 124 valence electrons. The number of fused-ring (bicyclic) bond motifs is 1. The quantitative estimate of drug-likeness (QED) is 0.845. The van der Waals surface area contributed by atoms with Gasteiger partial charge in [-0.1, -0.05) is 6.07 Å². The highest BCUT2D eigenvalue weighted by Gasteiger charge is 2.31. The lowest BCUT2D eigenvalue weighted by atomic mass is 10.2. The monoisotopic (exact) mass is 397 g/mol. The van der Waals surface area contributed by atoms with Crippen molar-refractivity contribution in [3.8, 4) is 0 Å². The highest BCUT2D eigenvalue weighted by Crippen LogP contribution is 2.32. The van der Waals surface area contributed by atoms with Gasteiger partial charge in [0.2, 0.25) is 10.0 Å². The molecule has 1 aliphatic rings. The molecule has 1 aromatic heterocycles. The number of sulfonamides is 1. The molecule has 3 rings (SSSR count). The fraction of sp³-hybridized carbons (Fsp3) is 0.438. The fourth-order valence-corrected chi connectivity index (χ4v) is 5.80. The zero-order valence-corrected chi connectivity index (χ0v) is 15.4. The van der Waals surface area contributed by atoms with Crippen LogP contribution in [0, 0.1) is 0 Å². The summed E-state index contributed by atoms with van der Waals surface area (Å²) >= 11 is 3.49. The van der Waals surface area contributed by atoms with Gasteiger partial charge in [0.05, 0.1) is 4.90 Å². The van der Waals surface area contributed by atoms with E-state index >= 15 is 0 Å². The molecule has 7 heteroatoms. The number of nitrogens with one attached hydrogen (secondary N) is 1. The predicted octanol–water partition coefficient (Wildman–Crippen LogP) is 2.76. The van der Waals surface area contributed by atoms with Gasteiger partial charge in [0.15, 0.2) is 0 Å². The minimum Gasteiger partial charge on any atom is -0.315 e. The van der Waals surface area contributed by atoms with Crippen LogP contribution < -0.4 is 5.32 Å². The summed E-state index contributed by atoms with van der Waals surface area (Å²) in [6, 6.07) is 5.24. The zero-order chi connectivity index (χ0) is 16.4. The highest BCUT2D eigenvalue weighted by atomic mass is 79.9. The summed E-state index contributed by atoms with van der Waals surface area (Å²) in [7, 11) is -3.55. The normalized spacial score (nSPS) is 21.0. The van der Waals surface area contributed by atoms with Gasteiger partial charge in [-0.05, 0) is 54.4 Å². The zero-order valence-electron chi connectivity index (χ0n) is 13.0. The fourth-order valence-electron chi connectivity index (χ4n) is 2.94. The molecule has 1 fully saturated rings. The Labute approximate surface area is 145 Å². The van der Waals surface area contributed by atoms with E-state index in [-0.39, 0.29) is 6.04 Å². The van der Waals surface area contributed by atoms with Crippen molar-refractivity contribution in [1.29, 1.82) is 0 Å². The average Bonchev–Trinajstić information content (AvgIpc) is 2.51. The summed E-state index contributed by atoms with van der Waals surface area (Å²) in [5.74, 6) is 0. The first kappa shape index (κ1) is 16.8. The smallest absolute Gasteiger partial charge is 0.244 e. The van der Waals surface area contributed by atoms with Crippen LogP contribution in [0.1, 0.15) is 19.8 Å². The van der Waals surface area contributed by atoms with Crippen molar-refractivity contribution in [2.45, 2.75) is 30.7 Å². The maximum Gasteiger partial charge on any atom is 0.244 e. The van der Waals surface area contributed by atoms with E-state index in [2.05, 4.69) is 26.2 Å². The number of halogens is 1. The second-order valence-electron chi connectivity index (χ2n) is 5.85. The summed E-state index contributed by atoms with van der Waals surface area (Å²) in [6.07, 6.45) is 5.26. The summed E-state index contributed by atoms with van der Waals surface area (Å²) < 4.78 is 28.6. The van der Waals surface area contributed by atoms with Crippen LogP contribution in [0.3, 0.4) is 0 Å². The van der Waals surface area contributed by atoms with Crippen LogP contribution in [-0.4, -0.2) is 43.4 Å². The first-order chi connectivity index (χ1) is 11.0. The number of hydrogen-bond acceptors (Lipinski definition) is 4. The first-order valence-electron chi connectivity index (χ1n) is 7.76. The lowest BCUT2D eigenvalue weighted by molar-refractivity contribution is 0.301. The van der Waals surface area contributed by atoms with Gasteiger partial charge in [-0.2, -0.15) is 4.31 Å². The second kappa shape index (κ2) is 6.84. The van der Waals surface area contributed by atoms with Crippen LogP contribution in [0.15, 0.2) is 40.0 Å². The maximum atomic E-state index is 13.2. The van der Waals surface area contributed by atoms with Crippen LogP contribution in [0.25, 0.3) is 10.8 Å². The standard InChI is InChI=1S/C16H20BrN3O2S/c1-12-10-18-7-2-3-9-20(12)23(21,22)15-5-4-13-11-19-8-6-14(13)16(15)17/h4-6,8,11-12,18H,2-3,7,9-10H2,1H3. The van der Waals surface area contributed by atoms with E-state index in [1.165, 1.54) is 0 Å². The molecular weight excluding hydrogens is 378 g/mol. The van der Waals surface area contributed by atoms with Gasteiger partial charge in [-0.25, -0.2) is 8.42 Å². The molecular formula is C16H20BrN3O2S. The Morgan fingerprint density at radius 1 is 1.30 bits per heavy atom. The first-order valence-corrected chi connectivity index (χ1v) is 10.00. The largest absolute Gasteiger partial charge is 0.315 e. The molecule has 1 saturated heterocycles. The van der Waals surface area contributed by atoms with E-state index in [1.54, 1.807) is 22.8 Å². The Kier molecular flexibility index (Phi) is 5.01. The number of benzene rings is 1. The predicted molar refractivity (Wildman–Crippen MR) is 94.9 cm³/mol. The van der Waals surface area contributed by atoms with E-state index in [0.29, 0.717) is 22.5 Å². The lowest BCUT2D eigenvalue weighted by Crippen LogP contribution is -2.46. The Morgan fingerprint density at radius 2 is 2.13 bits per heavy atom. The molecule has 1 aliphatic heterocycles. The molecule has 1 atom stereocenters. The average molecular weight is 398 g/mol. The summed E-state index contributed by atoms with van der Waals surface area (Å²) in [4.78, 5) is 4.40. The van der Waals surface area contributed by atoms with E-state index in [0.717, 1.165) is 30.2 Å². The molecule has 0 amide bonds. The molecule has 0 aliphatic carbocycles. The van der Waals surface area contributed by atoms with Gasteiger partial charge in [0.1, 0.15) is 0 Å². The van der Waals surface area contributed by atoms with Gasteiger partial charge >= 0.3 is 0 Å². The van der Waals surface area contributed by atoms with Crippen LogP contribution in [0.5, 0.6) is 0 Å². The van der Waals surface area contributed by atoms with Crippen molar-refractivity contribution >= 4 is 36.7 Å². The SMILES string of the molecule is CC1CNCCCCN1S(=O)(=O)c1ccc2cnccc2c1Br. The molecule has 1 unspecified atom stereocenters. The molecule has 1 N–H and O–H groups in total. The van der Waals surface area contributed by atoms with E-state index in [9.17, 15) is 8.42 Å². The van der Waals surface area contributed by atoms with Crippen molar-refractivity contribution in [2.24, 2.45) is 0 Å². The van der Waals surface area contributed by atoms with Gasteiger partial charge in [-0.15, -0.1) is 0 Å². The molecule has 0 spiro atoms. The maximum absolute atomic E-state index is 13.2. The highest BCUT2D eigenvalue weighted by molar-refractivity contribution is 9.10. The molecule has 2 heterocycles. The Hall–Kier alpha value is -1.02. The van der Waals surface area contributed by atoms with Crippen molar-refractivity contribution in [3.05, 3.63) is 35.1 Å². The number of aromatic nitrogens is 1. The van der Waals surface area contributed by atoms with E-state index < -0.39 is 10.0 Å².